The van der Waals surface area contributed by atoms with Gasteiger partial charge in [-0.05, 0) is 24.1 Å². The molecule has 0 aromatic heterocycles. The van der Waals surface area contributed by atoms with Crippen LogP contribution < -0.4 is 15.5 Å². The molecule has 1 heterocycles. The van der Waals surface area contributed by atoms with Crippen molar-refractivity contribution in [2.24, 2.45) is 0 Å². The van der Waals surface area contributed by atoms with Gasteiger partial charge >= 0.3 is 0 Å². The SMILES string of the molecule is O=C1CN(C(=O)CCC(=O)N[C@@H]2C[C@H]2c2ccccc2)c2ccccc2N1. The van der Waals surface area contributed by atoms with E-state index in [1.807, 2.05) is 24.3 Å². The lowest BCUT2D eigenvalue weighted by atomic mass is 10.1. The van der Waals surface area contributed by atoms with Gasteiger partial charge in [0.25, 0.3) is 0 Å². The number of nitrogens with one attached hydrogen (secondary N) is 2. The van der Waals surface area contributed by atoms with E-state index in [-0.39, 0.29) is 43.1 Å². The summed E-state index contributed by atoms with van der Waals surface area (Å²) < 4.78 is 0. The highest BCUT2D eigenvalue weighted by molar-refractivity contribution is 6.10. The van der Waals surface area contributed by atoms with Crippen LogP contribution in [0.5, 0.6) is 0 Å². The Labute approximate surface area is 157 Å². The van der Waals surface area contributed by atoms with Gasteiger partial charge in [-0.2, -0.15) is 0 Å². The summed E-state index contributed by atoms with van der Waals surface area (Å²) in [6, 6.07) is 17.4. The third-order valence-corrected chi connectivity index (χ3v) is 5.00. The Balaban J connectivity index is 1.30. The maximum Gasteiger partial charge on any atom is 0.244 e. The van der Waals surface area contributed by atoms with Crippen molar-refractivity contribution in [3.05, 3.63) is 60.2 Å². The monoisotopic (exact) mass is 363 g/mol. The van der Waals surface area contributed by atoms with Crippen molar-refractivity contribution in [1.82, 2.24) is 5.32 Å². The second-order valence-corrected chi connectivity index (χ2v) is 6.97. The van der Waals surface area contributed by atoms with Crippen LogP contribution >= 0.6 is 0 Å². The van der Waals surface area contributed by atoms with E-state index in [4.69, 9.17) is 0 Å². The molecule has 2 aliphatic rings. The normalized spacial score (nSPS) is 20.4. The second kappa shape index (κ2) is 7.23. The molecule has 0 unspecified atom stereocenters. The van der Waals surface area contributed by atoms with E-state index < -0.39 is 0 Å². The number of rotatable bonds is 5. The van der Waals surface area contributed by atoms with Gasteiger partial charge in [-0.3, -0.25) is 14.4 Å². The Bertz CT molecular complexity index is 881. The Hall–Kier alpha value is -3.15. The van der Waals surface area contributed by atoms with Crippen molar-refractivity contribution in [1.29, 1.82) is 0 Å². The fraction of sp³-hybridized carbons (Fsp3) is 0.286. The lowest BCUT2D eigenvalue weighted by Crippen LogP contribution is -2.42. The highest BCUT2D eigenvalue weighted by atomic mass is 16.2. The zero-order chi connectivity index (χ0) is 18.8. The molecule has 2 N–H and O–H groups in total. The predicted molar refractivity (Wildman–Crippen MR) is 102 cm³/mol. The van der Waals surface area contributed by atoms with E-state index in [2.05, 4.69) is 22.8 Å². The standard InChI is InChI=1S/C21H21N3O3/c25-19(23-17-12-15(17)14-6-2-1-3-7-14)10-11-21(27)24-13-20(26)22-16-8-4-5-9-18(16)24/h1-9,15,17H,10-13H2,(H,22,26)(H,23,25)/t15-,17+/m0/s1. The first-order chi connectivity index (χ1) is 13.1. The third kappa shape index (κ3) is 3.84. The number of para-hydroxylation sites is 2. The van der Waals surface area contributed by atoms with Gasteiger partial charge in [0.1, 0.15) is 6.54 Å². The number of hydrogen-bond donors (Lipinski definition) is 2. The van der Waals surface area contributed by atoms with Crippen molar-refractivity contribution >= 4 is 29.1 Å². The summed E-state index contributed by atoms with van der Waals surface area (Å²) in [6.07, 6.45) is 1.14. The summed E-state index contributed by atoms with van der Waals surface area (Å²) in [5.74, 6) is -0.205. The molecule has 1 fully saturated rings. The molecular weight excluding hydrogens is 342 g/mol. The number of hydrogen-bond acceptors (Lipinski definition) is 3. The summed E-state index contributed by atoms with van der Waals surface area (Å²) in [6.45, 7) is -0.0177. The number of fused-ring (bicyclic) bond motifs is 1. The fourth-order valence-corrected chi connectivity index (χ4v) is 3.51. The van der Waals surface area contributed by atoms with E-state index in [1.165, 1.54) is 10.5 Å². The molecule has 1 aliphatic heterocycles. The molecule has 4 rings (SSSR count). The van der Waals surface area contributed by atoms with Gasteiger partial charge < -0.3 is 15.5 Å². The van der Waals surface area contributed by atoms with Crippen LogP contribution in [0.15, 0.2) is 54.6 Å². The summed E-state index contributed by atoms with van der Waals surface area (Å²) in [5, 5.41) is 5.75. The van der Waals surface area contributed by atoms with Crippen molar-refractivity contribution in [2.45, 2.75) is 31.2 Å². The maximum absolute atomic E-state index is 12.6. The van der Waals surface area contributed by atoms with Crippen LogP contribution in [0.2, 0.25) is 0 Å². The van der Waals surface area contributed by atoms with Gasteiger partial charge in [-0.1, -0.05) is 42.5 Å². The third-order valence-electron chi connectivity index (χ3n) is 5.00. The molecule has 0 radical (unpaired) electrons. The number of carbonyl (C=O) groups excluding carboxylic acids is 3. The molecule has 0 spiro atoms. The van der Waals surface area contributed by atoms with E-state index >= 15 is 0 Å². The molecule has 2 aromatic rings. The molecule has 2 aromatic carbocycles. The number of benzene rings is 2. The summed E-state index contributed by atoms with van der Waals surface area (Å²) >= 11 is 0. The summed E-state index contributed by atoms with van der Waals surface area (Å²) in [5.41, 5.74) is 2.53. The van der Waals surface area contributed by atoms with E-state index in [1.54, 1.807) is 18.2 Å². The highest BCUT2D eigenvalue weighted by Gasteiger charge is 2.39. The minimum atomic E-state index is -0.227. The lowest BCUT2D eigenvalue weighted by Gasteiger charge is -2.29. The van der Waals surface area contributed by atoms with Crippen molar-refractivity contribution in [2.75, 3.05) is 16.8 Å². The number of anilines is 2. The Morgan fingerprint density at radius 1 is 1.04 bits per heavy atom. The summed E-state index contributed by atoms with van der Waals surface area (Å²) in [4.78, 5) is 38.0. The molecular formula is C21H21N3O3. The number of amides is 3. The Morgan fingerprint density at radius 3 is 2.59 bits per heavy atom. The molecule has 3 amide bonds. The number of carbonyl (C=O) groups is 3. The largest absolute Gasteiger partial charge is 0.353 e. The lowest BCUT2D eigenvalue weighted by molar-refractivity contribution is -0.125. The van der Waals surface area contributed by atoms with Crippen molar-refractivity contribution in [3.63, 3.8) is 0 Å². The Morgan fingerprint density at radius 2 is 1.78 bits per heavy atom. The van der Waals surface area contributed by atoms with Crippen molar-refractivity contribution < 1.29 is 14.4 Å². The zero-order valence-electron chi connectivity index (χ0n) is 14.9. The van der Waals surface area contributed by atoms with Gasteiger partial charge in [-0.15, -0.1) is 0 Å². The summed E-state index contributed by atoms with van der Waals surface area (Å²) in [7, 11) is 0. The minimum Gasteiger partial charge on any atom is -0.353 e. The average molecular weight is 363 g/mol. The Kier molecular flexibility index (Phi) is 4.62. The van der Waals surface area contributed by atoms with Gasteiger partial charge in [-0.25, -0.2) is 0 Å². The van der Waals surface area contributed by atoms with Crippen molar-refractivity contribution in [3.8, 4) is 0 Å². The van der Waals surface area contributed by atoms with Crippen LogP contribution in [0.4, 0.5) is 11.4 Å². The average Bonchev–Trinajstić information content (AvgIpc) is 3.45. The van der Waals surface area contributed by atoms with E-state index in [0.717, 1.165) is 6.42 Å². The van der Waals surface area contributed by atoms with Crippen LogP contribution in [0.3, 0.4) is 0 Å². The molecule has 0 bridgehead atoms. The maximum atomic E-state index is 12.6. The van der Waals surface area contributed by atoms with Crippen LogP contribution in [0.25, 0.3) is 0 Å². The van der Waals surface area contributed by atoms with Crippen LogP contribution in [-0.4, -0.2) is 30.3 Å². The molecule has 6 heteroatoms. The fourth-order valence-electron chi connectivity index (χ4n) is 3.51. The van der Waals surface area contributed by atoms with Gasteiger partial charge in [0.15, 0.2) is 0 Å². The van der Waals surface area contributed by atoms with E-state index in [0.29, 0.717) is 17.3 Å². The van der Waals surface area contributed by atoms with E-state index in [9.17, 15) is 14.4 Å². The second-order valence-electron chi connectivity index (χ2n) is 6.97. The molecule has 0 saturated heterocycles. The van der Waals surface area contributed by atoms with Gasteiger partial charge in [0, 0.05) is 24.8 Å². The first-order valence-corrected chi connectivity index (χ1v) is 9.15. The molecule has 6 nitrogen and oxygen atoms in total. The molecule has 27 heavy (non-hydrogen) atoms. The van der Waals surface area contributed by atoms with Gasteiger partial charge in [0.05, 0.1) is 11.4 Å². The zero-order valence-corrected chi connectivity index (χ0v) is 14.9. The van der Waals surface area contributed by atoms with Crippen LogP contribution in [0.1, 0.15) is 30.7 Å². The molecule has 1 saturated carbocycles. The predicted octanol–water partition coefficient (Wildman–Crippen LogP) is 2.42. The first-order valence-electron chi connectivity index (χ1n) is 9.15. The topological polar surface area (TPSA) is 78.5 Å². The molecule has 1 aliphatic carbocycles. The van der Waals surface area contributed by atoms with Crippen LogP contribution in [0, 0.1) is 0 Å². The van der Waals surface area contributed by atoms with Gasteiger partial charge in [0.2, 0.25) is 17.7 Å². The quantitative estimate of drug-likeness (QED) is 0.856. The highest BCUT2D eigenvalue weighted by Crippen LogP contribution is 2.40. The molecule has 2 atom stereocenters. The smallest absolute Gasteiger partial charge is 0.244 e. The van der Waals surface area contributed by atoms with Crippen LogP contribution in [-0.2, 0) is 14.4 Å². The minimum absolute atomic E-state index is 0.0177. The number of nitrogens with zero attached hydrogens (tertiary/aromatic N) is 1. The first kappa shape index (κ1) is 17.3. The molecule has 138 valence electrons.